The maximum Gasteiger partial charge on any atom is 0.327 e. The molecule has 0 fully saturated rings. The summed E-state index contributed by atoms with van der Waals surface area (Å²) in [6.45, 7) is 1.83. The van der Waals surface area contributed by atoms with Gasteiger partial charge in [0, 0.05) is 0 Å². The van der Waals surface area contributed by atoms with E-state index in [0.29, 0.717) is 0 Å². The molecule has 2 N–H and O–H groups in total. The van der Waals surface area contributed by atoms with Crippen molar-refractivity contribution in [2.75, 3.05) is 0 Å². The molecule has 0 bridgehead atoms. The minimum Gasteiger partial charge on any atom is -0.373 e. The number of hydrogen-bond donors (Lipinski definition) is 1. The Morgan fingerprint density at radius 3 is 2.67 bits per heavy atom. The van der Waals surface area contributed by atoms with Crippen LogP contribution < -0.4 is 5.90 Å². The van der Waals surface area contributed by atoms with Gasteiger partial charge in [-0.05, 0) is 24.8 Å². The van der Waals surface area contributed by atoms with E-state index >= 15 is 0 Å². The van der Waals surface area contributed by atoms with Gasteiger partial charge in [0.2, 0.25) is 0 Å². The zero-order valence-corrected chi connectivity index (χ0v) is 8.98. The second-order valence-corrected chi connectivity index (χ2v) is 3.72. The Morgan fingerprint density at radius 2 is 2.07 bits per heavy atom. The van der Waals surface area contributed by atoms with Crippen molar-refractivity contribution >= 4 is 5.97 Å². The minimum absolute atomic E-state index is 0.112. The molecule has 0 saturated carbocycles. The molecule has 0 radical (unpaired) electrons. The first-order chi connectivity index (χ1) is 7.24. The SMILES string of the molecule is CC(CCCc1ccccc1)C(=O)ON. The lowest BCUT2D eigenvalue weighted by atomic mass is 10.0. The summed E-state index contributed by atoms with van der Waals surface area (Å²) in [5.74, 6) is 4.36. The molecule has 0 aliphatic heterocycles. The fourth-order valence-corrected chi connectivity index (χ4v) is 1.49. The summed E-state index contributed by atoms with van der Waals surface area (Å²) in [5, 5.41) is 0. The first-order valence-electron chi connectivity index (χ1n) is 5.18. The molecule has 0 aliphatic rings. The van der Waals surface area contributed by atoms with Crippen LogP contribution in [0.3, 0.4) is 0 Å². The van der Waals surface area contributed by atoms with E-state index in [1.165, 1.54) is 5.56 Å². The Hall–Kier alpha value is -1.35. The van der Waals surface area contributed by atoms with Crippen molar-refractivity contribution < 1.29 is 9.63 Å². The predicted octanol–water partition coefficient (Wildman–Crippen LogP) is 2.06. The smallest absolute Gasteiger partial charge is 0.327 e. The Kier molecular flexibility index (Phi) is 4.84. The highest BCUT2D eigenvalue weighted by Gasteiger charge is 2.12. The van der Waals surface area contributed by atoms with Crippen LogP contribution in [0, 0.1) is 5.92 Å². The van der Waals surface area contributed by atoms with Crippen molar-refractivity contribution in [3.8, 4) is 0 Å². The molecule has 1 atom stereocenters. The van der Waals surface area contributed by atoms with Crippen molar-refractivity contribution in [2.24, 2.45) is 11.8 Å². The van der Waals surface area contributed by atoms with Gasteiger partial charge >= 0.3 is 5.97 Å². The van der Waals surface area contributed by atoms with Crippen LogP contribution in [0.5, 0.6) is 0 Å². The summed E-state index contributed by atoms with van der Waals surface area (Å²) in [6, 6.07) is 10.2. The molecule has 1 aromatic rings. The molecule has 1 rings (SSSR count). The molecule has 0 spiro atoms. The highest BCUT2D eigenvalue weighted by molar-refractivity contribution is 5.71. The van der Waals surface area contributed by atoms with E-state index in [0.717, 1.165) is 19.3 Å². The largest absolute Gasteiger partial charge is 0.373 e. The fourth-order valence-electron chi connectivity index (χ4n) is 1.49. The monoisotopic (exact) mass is 207 g/mol. The molecule has 15 heavy (non-hydrogen) atoms. The first kappa shape index (κ1) is 11.7. The van der Waals surface area contributed by atoms with E-state index in [-0.39, 0.29) is 11.9 Å². The van der Waals surface area contributed by atoms with Crippen LogP contribution in [0.1, 0.15) is 25.3 Å². The van der Waals surface area contributed by atoms with Gasteiger partial charge in [-0.3, -0.25) is 4.79 Å². The van der Waals surface area contributed by atoms with Gasteiger partial charge in [-0.2, -0.15) is 5.90 Å². The van der Waals surface area contributed by atoms with Gasteiger partial charge in [0.15, 0.2) is 0 Å². The standard InChI is InChI=1S/C12H17NO2/c1-10(12(14)15-13)6-5-9-11-7-3-2-4-8-11/h2-4,7-8,10H,5-6,9,13H2,1H3. The van der Waals surface area contributed by atoms with Crippen LogP contribution in [-0.2, 0) is 16.1 Å². The van der Waals surface area contributed by atoms with Gasteiger partial charge in [0.05, 0.1) is 5.92 Å². The summed E-state index contributed by atoms with van der Waals surface area (Å²) in [5.41, 5.74) is 1.30. The number of hydrogen-bond acceptors (Lipinski definition) is 3. The van der Waals surface area contributed by atoms with Crippen molar-refractivity contribution in [3.05, 3.63) is 35.9 Å². The number of rotatable bonds is 5. The molecule has 1 aromatic carbocycles. The fraction of sp³-hybridized carbons (Fsp3) is 0.417. The number of benzene rings is 1. The third-order valence-electron chi connectivity index (χ3n) is 2.46. The van der Waals surface area contributed by atoms with Crippen molar-refractivity contribution in [2.45, 2.75) is 26.2 Å². The predicted molar refractivity (Wildman–Crippen MR) is 58.8 cm³/mol. The number of nitrogens with two attached hydrogens (primary N) is 1. The van der Waals surface area contributed by atoms with E-state index in [1.807, 2.05) is 25.1 Å². The average Bonchev–Trinajstić information content (AvgIpc) is 2.29. The van der Waals surface area contributed by atoms with Gasteiger partial charge in [-0.1, -0.05) is 37.3 Å². The van der Waals surface area contributed by atoms with Crippen LogP contribution in [0.2, 0.25) is 0 Å². The average molecular weight is 207 g/mol. The van der Waals surface area contributed by atoms with Gasteiger partial charge in [0.1, 0.15) is 0 Å². The zero-order valence-electron chi connectivity index (χ0n) is 8.98. The molecule has 3 nitrogen and oxygen atoms in total. The maximum absolute atomic E-state index is 11.0. The lowest BCUT2D eigenvalue weighted by Gasteiger charge is -2.07. The third kappa shape index (κ3) is 4.13. The second-order valence-electron chi connectivity index (χ2n) is 3.72. The van der Waals surface area contributed by atoms with Crippen LogP contribution >= 0.6 is 0 Å². The van der Waals surface area contributed by atoms with E-state index in [2.05, 4.69) is 17.0 Å². The Morgan fingerprint density at radius 1 is 1.40 bits per heavy atom. The maximum atomic E-state index is 11.0. The van der Waals surface area contributed by atoms with Gasteiger partial charge in [-0.15, -0.1) is 0 Å². The number of aryl methyl sites for hydroxylation is 1. The van der Waals surface area contributed by atoms with Gasteiger partial charge in [-0.25, -0.2) is 0 Å². The van der Waals surface area contributed by atoms with Crippen molar-refractivity contribution in [1.29, 1.82) is 0 Å². The summed E-state index contributed by atoms with van der Waals surface area (Å²) in [7, 11) is 0. The van der Waals surface area contributed by atoms with Crippen molar-refractivity contribution in [3.63, 3.8) is 0 Å². The molecular weight excluding hydrogens is 190 g/mol. The van der Waals surface area contributed by atoms with Crippen LogP contribution in [-0.4, -0.2) is 5.97 Å². The molecule has 0 aromatic heterocycles. The number of carbonyl (C=O) groups excluding carboxylic acids is 1. The molecule has 0 saturated heterocycles. The Balaban J connectivity index is 2.25. The Bertz CT molecular complexity index is 298. The van der Waals surface area contributed by atoms with E-state index < -0.39 is 0 Å². The summed E-state index contributed by atoms with van der Waals surface area (Å²) in [4.78, 5) is 15.2. The highest BCUT2D eigenvalue weighted by Crippen LogP contribution is 2.11. The molecule has 3 heteroatoms. The van der Waals surface area contributed by atoms with Crippen LogP contribution in [0.25, 0.3) is 0 Å². The highest BCUT2D eigenvalue weighted by atomic mass is 16.7. The van der Waals surface area contributed by atoms with E-state index in [1.54, 1.807) is 0 Å². The van der Waals surface area contributed by atoms with Gasteiger partial charge < -0.3 is 4.84 Å². The lowest BCUT2D eigenvalue weighted by molar-refractivity contribution is -0.148. The Labute approximate surface area is 90.2 Å². The van der Waals surface area contributed by atoms with E-state index in [4.69, 9.17) is 5.90 Å². The topological polar surface area (TPSA) is 52.3 Å². The molecule has 82 valence electrons. The molecule has 0 aliphatic carbocycles. The molecule has 1 unspecified atom stereocenters. The lowest BCUT2D eigenvalue weighted by Crippen LogP contribution is -2.18. The quantitative estimate of drug-likeness (QED) is 0.752. The summed E-state index contributed by atoms with van der Waals surface area (Å²) in [6.07, 6.45) is 2.77. The molecule has 0 heterocycles. The summed E-state index contributed by atoms with van der Waals surface area (Å²) < 4.78 is 0. The molecular formula is C12H17NO2. The van der Waals surface area contributed by atoms with Crippen LogP contribution in [0.15, 0.2) is 30.3 Å². The number of carbonyl (C=O) groups is 1. The van der Waals surface area contributed by atoms with E-state index in [9.17, 15) is 4.79 Å². The normalized spacial score (nSPS) is 12.1. The van der Waals surface area contributed by atoms with Crippen molar-refractivity contribution in [1.82, 2.24) is 0 Å². The molecule has 0 amide bonds. The first-order valence-corrected chi connectivity index (χ1v) is 5.18. The van der Waals surface area contributed by atoms with Gasteiger partial charge in [0.25, 0.3) is 0 Å². The second kappa shape index (κ2) is 6.19. The van der Waals surface area contributed by atoms with Crippen LogP contribution in [0.4, 0.5) is 0 Å². The third-order valence-corrected chi connectivity index (χ3v) is 2.46. The zero-order chi connectivity index (χ0) is 11.1. The minimum atomic E-state index is -0.330. The summed E-state index contributed by atoms with van der Waals surface area (Å²) >= 11 is 0.